The maximum Gasteiger partial charge on any atom is 0.203 e. The Kier molecular flexibility index (Phi) is 4.53. The van der Waals surface area contributed by atoms with Crippen molar-refractivity contribution in [2.45, 2.75) is 6.54 Å². The zero-order chi connectivity index (χ0) is 14.5. The predicted molar refractivity (Wildman–Crippen MR) is 76.6 cm³/mol. The highest BCUT2D eigenvalue weighted by Crippen LogP contribution is 2.45. The van der Waals surface area contributed by atoms with Gasteiger partial charge in [0.1, 0.15) is 5.76 Å². The second kappa shape index (κ2) is 6.34. The highest BCUT2D eigenvalue weighted by atomic mass is 16.5. The maximum absolute atomic E-state index is 5.50. The van der Waals surface area contributed by atoms with Gasteiger partial charge in [-0.25, -0.2) is 0 Å². The van der Waals surface area contributed by atoms with Crippen molar-refractivity contribution >= 4 is 0 Å². The molecule has 0 unspecified atom stereocenters. The van der Waals surface area contributed by atoms with Crippen LogP contribution in [-0.2, 0) is 6.54 Å². The molecule has 0 aliphatic carbocycles. The number of rotatable bonds is 6. The van der Waals surface area contributed by atoms with Crippen LogP contribution in [0.5, 0.6) is 17.2 Å². The lowest BCUT2D eigenvalue weighted by Crippen LogP contribution is -2.05. The summed E-state index contributed by atoms with van der Waals surface area (Å²) < 4.78 is 21.7. The molecule has 0 bridgehead atoms. The van der Waals surface area contributed by atoms with Crippen molar-refractivity contribution < 1.29 is 18.6 Å². The second-order valence-corrected chi connectivity index (χ2v) is 4.17. The molecule has 2 rings (SSSR count). The van der Waals surface area contributed by atoms with Crippen LogP contribution < -0.4 is 19.5 Å². The molecule has 1 aromatic carbocycles. The molecule has 0 aliphatic rings. The minimum atomic E-state index is 0.573. The molecular weight excluding hydrogens is 258 g/mol. The minimum Gasteiger partial charge on any atom is -0.493 e. The lowest BCUT2D eigenvalue weighted by Gasteiger charge is -2.15. The molecule has 1 heterocycles. The van der Waals surface area contributed by atoms with E-state index >= 15 is 0 Å². The van der Waals surface area contributed by atoms with Gasteiger partial charge in [0.2, 0.25) is 5.75 Å². The summed E-state index contributed by atoms with van der Waals surface area (Å²) in [5.41, 5.74) is 1.88. The van der Waals surface area contributed by atoms with Crippen molar-refractivity contribution in [3.8, 4) is 28.4 Å². The first-order valence-corrected chi connectivity index (χ1v) is 6.27. The average molecular weight is 277 g/mol. The Morgan fingerprint density at radius 2 is 1.70 bits per heavy atom. The van der Waals surface area contributed by atoms with Crippen molar-refractivity contribution in [2.24, 2.45) is 0 Å². The van der Waals surface area contributed by atoms with Crippen molar-refractivity contribution in [1.82, 2.24) is 5.32 Å². The van der Waals surface area contributed by atoms with Crippen LogP contribution in [0.15, 0.2) is 28.9 Å². The van der Waals surface area contributed by atoms with Crippen LogP contribution in [0.1, 0.15) is 5.76 Å². The van der Waals surface area contributed by atoms with Gasteiger partial charge < -0.3 is 23.9 Å². The highest BCUT2D eigenvalue weighted by Gasteiger charge is 2.19. The fourth-order valence-electron chi connectivity index (χ4n) is 2.19. The molecule has 5 heteroatoms. The molecule has 0 aliphatic heterocycles. The van der Waals surface area contributed by atoms with Gasteiger partial charge >= 0.3 is 0 Å². The van der Waals surface area contributed by atoms with E-state index in [2.05, 4.69) is 5.32 Å². The molecule has 0 atom stereocenters. The zero-order valence-corrected chi connectivity index (χ0v) is 12.1. The topological polar surface area (TPSA) is 52.9 Å². The van der Waals surface area contributed by atoms with E-state index in [1.807, 2.05) is 25.2 Å². The first-order chi connectivity index (χ1) is 9.76. The Morgan fingerprint density at radius 1 is 0.950 bits per heavy atom. The van der Waals surface area contributed by atoms with E-state index in [0.717, 1.165) is 16.9 Å². The van der Waals surface area contributed by atoms with E-state index in [9.17, 15) is 0 Å². The molecule has 20 heavy (non-hydrogen) atoms. The van der Waals surface area contributed by atoms with Gasteiger partial charge in [-0.3, -0.25) is 0 Å². The van der Waals surface area contributed by atoms with Crippen LogP contribution in [-0.4, -0.2) is 28.4 Å². The first kappa shape index (κ1) is 14.3. The van der Waals surface area contributed by atoms with Crippen molar-refractivity contribution in [3.63, 3.8) is 0 Å². The van der Waals surface area contributed by atoms with Gasteiger partial charge in [-0.1, -0.05) is 0 Å². The van der Waals surface area contributed by atoms with Crippen LogP contribution in [0.25, 0.3) is 11.1 Å². The largest absolute Gasteiger partial charge is 0.493 e. The molecule has 1 N–H and O–H groups in total. The molecule has 0 spiro atoms. The fourth-order valence-corrected chi connectivity index (χ4v) is 2.19. The number of hydrogen-bond acceptors (Lipinski definition) is 5. The second-order valence-electron chi connectivity index (χ2n) is 4.17. The average Bonchev–Trinajstić information content (AvgIpc) is 2.93. The minimum absolute atomic E-state index is 0.573. The van der Waals surface area contributed by atoms with Crippen LogP contribution >= 0.6 is 0 Å². The number of benzene rings is 1. The van der Waals surface area contributed by atoms with E-state index in [-0.39, 0.29) is 0 Å². The summed E-state index contributed by atoms with van der Waals surface area (Å²) in [6.07, 6.45) is 1.66. The molecule has 0 saturated heterocycles. The van der Waals surface area contributed by atoms with Gasteiger partial charge in [0.05, 0.1) is 34.1 Å². The summed E-state index contributed by atoms with van der Waals surface area (Å²) in [6, 6.07) is 5.70. The Labute approximate surface area is 118 Å². The summed E-state index contributed by atoms with van der Waals surface area (Å²) in [7, 11) is 6.67. The quantitative estimate of drug-likeness (QED) is 0.879. The molecule has 1 aromatic heterocycles. The number of methoxy groups -OCH3 is 3. The van der Waals surface area contributed by atoms with Gasteiger partial charge in [0.15, 0.2) is 11.5 Å². The molecule has 0 saturated carbocycles. The third-order valence-electron chi connectivity index (χ3n) is 3.08. The normalized spacial score (nSPS) is 10.4. The standard InChI is InChI=1S/C15H19NO4/c1-16-9-13-10(7-8-20-13)11-5-6-12(17-2)15(19-4)14(11)18-3/h5-8,16H,9H2,1-4H3. The molecule has 0 radical (unpaired) electrons. The predicted octanol–water partition coefficient (Wildman–Crippen LogP) is 2.69. The van der Waals surface area contributed by atoms with Gasteiger partial charge in [-0.05, 0) is 25.2 Å². The van der Waals surface area contributed by atoms with Crippen molar-refractivity contribution in [2.75, 3.05) is 28.4 Å². The summed E-state index contributed by atoms with van der Waals surface area (Å²) in [4.78, 5) is 0. The summed E-state index contributed by atoms with van der Waals surface area (Å²) in [6.45, 7) is 0.639. The molecule has 0 amide bonds. The van der Waals surface area contributed by atoms with Crippen molar-refractivity contribution in [3.05, 3.63) is 30.2 Å². The zero-order valence-electron chi connectivity index (χ0n) is 12.1. The third-order valence-corrected chi connectivity index (χ3v) is 3.08. The van der Waals surface area contributed by atoms with Gasteiger partial charge in [0, 0.05) is 11.1 Å². The maximum atomic E-state index is 5.50. The lowest BCUT2D eigenvalue weighted by molar-refractivity contribution is 0.325. The number of nitrogens with one attached hydrogen (secondary N) is 1. The highest BCUT2D eigenvalue weighted by molar-refractivity contribution is 5.77. The Bertz CT molecular complexity index is 577. The van der Waals surface area contributed by atoms with Crippen LogP contribution in [0.4, 0.5) is 0 Å². The Hall–Kier alpha value is -2.14. The van der Waals surface area contributed by atoms with E-state index in [1.54, 1.807) is 27.6 Å². The van der Waals surface area contributed by atoms with Crippen LogP contribution in [0.2, 0.25) is 0 Å². The molecular formula is C15H19NO4. The summed E-state index contributed by atoms with van der Waals surface area (Å²) in [5, 5.41) is 3.08. The molecule has 5 nitrogen and oxygen atoms in total. The van der Waals surface area contributed by atoms with E-state index in [4.69, 9.17) is 18.6 Å². The van der Waals surface area contributed by atoms with Crippen LogP contribution in [0.3, 0.4) is 0 Å². The Morgan fingerprint density at radius 3 is 2.30 bits per heavy atom. The third kappa shape index (κ3) is 2.44. The summed E-state index contributed by atoms with van der Waals surface area (Å²) in [5.74, 6) is 2.68. The molecule has 2 aromatic rings. The summed E-state index contributed by atoms with van der Waals surface area (Å²) >= 11 is 0. The number of hydrogen-bond donors (Lipinski definition) is 1. The Balaban J connectivity index is 2.59. The number of ether oxygens (including phenoxy) is 3. The van der Waals surface area contributed by atoms with E-state index < -0.39 is 0 Å². The first-order valence-electron chi connectivity index (χ1n) is 6.27. The van der Waals surface area contributed by atoms with Gasteiger partial charge in [0.25, 0.3) is 0 Å². The molecule has 0 fully saturated rings. The molecule has 108 valence electrons. The smallest absolute Gasteiger partial charge is 0.203 e. The monoisotopic (exact) mass is 277 g/mol. The lowest BCUT2D eigenvalue weighted by atomic mass is 10.0. The SMILES string of the molecule is CNCc1occc1-c1ccc(OC)c(OC)c1OC. The van der Waals surface area contributed by atoms with E-state index in [1.165, 1.54) is 0 Å². The van der Waals surface area contributed by atoms with E-state index in [0.29, 0.717) is 23.8 Å². The van der Waals surface area contributed by atoms with Gasteiger partial charge in [-0.15, -0.1) is 0 Å². The fraction of sp³-hybridized carbons (Fsp3) is 0.333. The van der Waals surface area contributed by atoms with Gasteiger partial charge in [-0.2, -0.15) is 0 Å². The van der Waals surface area contributed by atoms with Crippen LogP contribution in [0, 0.1) is 0 Å². The van der Waals surface area contributed by atoms with Crippen molar-refractivity contribution in [1.29, 1.82) is 0 Å². The number of furan rings is 1.